The Morgan fingerprint density at radius 1 is 1.22 bits per heavy atom. The van der Waals surface area contributed by atoms with Gasteiger partial charge in [0.15, 0.2) is 5.96 Å². The number of hydrogen-bond acceptors (Lipinski definition) is 2. The molecule has 4 nitrogen and oxygen atoms in total. The average molecular weight is 331 g/mol. The Bertz CT molecular complexity index is 484. The second-order valence-electron chi connectivity index (χ2n) is 5.74. The average Bonchev–Trinajstić information content (AvgIpc) is 2.45. The number of benzene rings is 1. The number of hydrogen-bond donors (Lipinski definition) is 2. The first kappa shape index (κ1) is 19.3. The Hall–Kier alpha value is -1.76. The lowest BCUT2D eigenvalue weighted by atomic mass is 10.1. The number of nitrogens with two attached hydrogens (primary N) is 1. The van der Waals surface area contributed by atoms with E-state index in [2.05, 4.69) is 28.9 Å². The zero-order chi connectivity index (χ0) is 17.3. The molecule has 0 atom stereocenters. The first-order chi connectivity index (χ1) is 10.8. The molecule has 23 heavy (non-hydrogen) atoms. The number of nitrogens with one attached hydrogen (secondary N) is 1. The summed E-state index contributed by atoms with van der Waals surface area (Å²) in [5.41, 5.74) is 7.37. The zero-order valence-electron chi connectivity index (χ0n) is 13.5. The highest BCUT2D eigenvalue weighted by atomic mass is 19.4. The second-order valence-corrected chi connectivity index (χ2v) is 5.74. The molecule has 0 bridgehead atoms. The van der Waals surface area contributed by atoms with Gasteiger partial charge < -0.3 is 15.8 Å². The lowest BCUT2D eigenvalue weighted by Crippen LogP contribution is -2.32. The Morgan fingerprint density at radius 3 is 2.39 bits per heavy atom. The van der Waals surface area contributed by atoms with Crippen molar-refractivity contribution < 1.29 is 17.9 Å². The number of halogens is 3. The van der Waals surface area contributed by atoms with Crippen LogP contribution in [0.25, 0.3) is 0 Å². The van der Waals surface area contributed by atoms with Crippen molar-refractivity contribution in [2.75, 3.05) is 13.2 Å². The van der Waals surface area contributed by atoms with Crippen LogP contribution in [0.5, 0.6) is 0 Å². The molecule has 7 heteroatoms. The van der Waals surface area contributed by atoms with Gasteiger partial charge in [-0.05, 0) is 23.5 Å². The molecule has 0 amide bonds. The summed E-state index contributed by atoms with van der Waals surface area (Å²) < 4.78 is 40.5. The molecule has 0 aliphatic carbocycles. The highest BCUT2D eigenvalue weighted by molar-refractivity contribution is 5.77. The van der Waals surface area contributed by atoms with Crippen molar-refractivity contribution in [3.8, 4) is 0 Å². The summed E-state index contributed by atoms with van der Waals surface area (Å²) in [4.78, 5) is 4.22. The van der Waals surface area contributed by atoms with Crippen molar-refractivity contribution in [1.29, 1.82) is 0 Å². The lowest BCUT2D eigenvalue weighted by molar-refractivity contribution is -0.176. The number of rotatable bonds is 8. The molecular weight excluding hydrogens is 307 g/mol. The largest absolute Gasteiger partial charge is 0.411 e. The van der Waals surface area contributed by atoms with Gasteiger partial charge in [0.25, 0.3) is 0 Å². The van der Waals surface area contributed by atoms with Crippen LogP contribution in [0.1, 0.15) is 31.4 Å². The molecule has 0 spiro atoms. The minimum absolute atomic E-state index is 0.0675. The van der Waals surface area contributed by atoms with E-state index in [-0.39, 0.29) is 6.61 Å². The van der Waals surface area contributed by atoms with Gasteiger partial charge in [0.1, 0.15) is 6.61 Å². The van der Waals surface area contributed by atoms with Gasteiger partial charge in [-0.1, -0.05) is 38.1 Å². The van der Waals surface area contributed by atoms with Gasteiger partial charge in [-0.2, -0.15) is 13.2 Å². The maximum atomic E-state index is 12.0. The van der Waals surface area contributed by atoms with Crippen LogP contribution in [0.3, 0.4) is 0 Å². The molecule has 0 aromatic heterocycles. The second kappa shape index (κ2) is 9.39. The number of aliphatic imine (C=N–C) groups is 1. The summed E-state index contributed by atoms with van der Waals surface area (Å²) in [5, 5.41) is 3.04. The van der Waals surface area contributed by atoms with Crippen LogP contribution in [0.2, 0.25) is 0 Å². The Balaban J connectivity index is 2.35. The van der Waals surface area contributed by atoms with Gasteiger partial charge in [-0.25, -0.2) is 4.99 Å². The fourth-order valence-corrected chi connectivity index (χ4v) is 1.75. The summed E-state index contributed by atoms with van der Waals surface area (Å²) in [6, 6.07) is 7.06. The van der Waals surface area contributed by atoms with Crippen molar-refractivity contribution in [2.45, 2.75) is 39.6 Å². The molecule has 0 radical (unpaired) electrons. The Morgan fingerprint density at radius 2 is 1.83 bits per heavy atom. The summed E-state index contributed by atoms with van der Waals surface area (Å²) in [6.45, 7) is 4.16. The predicted molar refractivity (Wildman–Crippen MR) is 84.9 cm³/mol. The summed E-state index contributed by atoms with van der Waals surface area (Å²) >= 11 is 0. The van der Waals surface area contributed by atoms with E-state index in [1.807, 2.05) is 0 Å². The molecule has 0 saturated heterocycles. The first-order valence-corrected chi connectivity index (χ1v) is 7.52. The van der Waals surface area contributed by atoms with Gasteiger partial charge in [0.05, 0.1) is 13.2 Å². The van der Waals surface area contributed by atoms with Gasteiger partial charge in [0.2, 0.25) is 0 Å². The van der Waals surface area contributed by atoms with Crippen LogP contribution < -0.4 is 11.1 Å². The number of ether oxygens (including phenoxy) is 1. The van der Waals surface area contributed by atoms with Crippen LogP contribution in [0, 0.1) is 5.92 Å². The summed E-state index contributed by atoms with van der Waals surface area (Å²) in [7, 11) is 0. The molecular formula is C16H24F3N3O. The van der Waals surface area contributed by atoms with Crippen LogP contribution in [0.4, 0.5) is 13.2 Å². The van der Waals surface area contributed by atoms with Gasteiger partial charge in [0, 0.05) is 6.54 Å². The molecule has 0 aliphatic rings. The van der Waals surface area contributed by atoms with E-state index >= 15 is 0 Å². The van der Waals surface area contributed by atoms with Crippen molar-refractivity contribution in [3.63, 3.8) is 0 Å². The minimum atomic E-state index is -4.30. The topological polar surface area (TPSA) is 59.6 Å². The predicted octanol–water partition coefficient (Wildman–Crippen LogP) is 3.22. The van der Waals surface area contributed by atoms with Crippen LogP contribution in [0.15, 0.2) is 29.3 Å². The van der Waals surface area contributed by atoms with Crippen molar-refractivity contribution in [2.24, 2.45) is 16.6 Å². The third kappa shape index (κ3) is 9.78. The molecule has 1 aromatic carbocycles. The smallest absolute Gasteiger partial charge is 0.370 e. The third-order valence-electron chi connectivity index (χ3n) is 3.02. The molecule has 0 heterocycles. The molecule has 1 rings (SSSR count). The van der Waals surface area contributed by atoms with Crippen molar-refractivity contribution in [1.82, 2.24) is 5.32 Å². The molecule has 0 unspecified atom stereocenters. The van der Waals surface area contributed by atoms with E-state index in [0.717, 1.165) is 18.5 Å². The Labute approximate surface area is 134 Å². The number of alkyl halides is 3. The van der Waals surface area contributed by atoms with Gasteiger partial charge >= 0.3 is 6.18 Å². The zero-order valence-corrected chi connectivity index (χ0v) is 13.5. The van der Waals surface area contributed by atoms with E-state index in [1.165, 1.54) is 0 Å². The standard InChI is InChI=1S/C16H24F3N3O/c1-12(2)7-8-21-15(20)22-9-13-3-5-14(6-4-13)10-23-11-16(17,18)19/h3-6,12H,7-11H2,1-2H3,(H3,20,21,22). The molecule has 0 saturated carbocycles. The van der Waals surface area contributed by atoms with Gasteiger partial charge in [-0.15, -0.1) is 0 Å². The molecule has 0 fully saturated rings. The van der Waals surface area contributed by atoms with Gasteiger partial charge in [-0.3, -0.25) is 0 Å². The van der Waals surface area contributed by atoms with Crippen LogP contribution in [-0.4, -0.2) is 25.3 Å². The molecule has 130 valence electrons. The normalized spacial score (nSPS) is 12.7. The number of nitrogens with zero attached hydrogens (tertiary/aromatic N) is 1. The van der Waals surface area contributed by atoms with E-state index in [4.69, 9.17) is 5.73 Å². The maximum Gasteiger partial charge on any atom is 0.411 e. The van der Waals surface area contributed by atoms with Crippen LogP contribution in [-0.2, 0) is 17.9 Å². The summed E-state index contributed by atoms with van der Waals surface area (Å²) in [6.07, 6.45) is -3.28. The number of guanidine groups is 1. The first-order valence-electron chi connectivity index (χ1n) is 7.52. The highest BCUT2D eigenvalue weighted by Crippen LogP contribution is 2.16. The van der Waals surface area contributed by atoms with E-state index in [1.54, 1.807) is 24.3 Å². The van der Waals surface area contributed by atoms with Crippen molar-refractivity contribution in [3.05, 3.63) is 35.4 Å². The van der Waals surface area contributed by atoms with Crippen LogP contribution >= 0.6 is 0 Å². The van der Waals surface area contributed by atoms with E-state index < -0.39 is 12.8 Å². The highest BCUT2D eigenvalue weighted by Gasteiger charge is 2.27. The summed E-state index contributed by atoms with van der Waals surface area (Å²) in [5.74, 6) is 0.991. The monoisotopic (exact) mass is 331 g/mol. The van der Waals surface area contributed by atoms with E-state index in [0.29, 0.717) is 24.0 Å². The van der Waals surface area contributed by atoms with Crippen molar-refractivity contribution >= 4 is 5.96 Å². The SMILES string of the molecule is CC(C)CCNC(N)=NCc1ccc(COCC(F)(F)F)cc1. The fraction of sp³-hybridized carbons (Fsp3) is 0.562. The lowest BCUT2D eigenvalue weighted by Gasteiger charge is -2.08. The molecule has 3 N–H and O–H groups in total. The molecule has 1 aromatic rings. The Kier molecular flexibility index (Phi) is 7.88. The van der Waals surface area contributed by atoms with E-state index in [9.17, 15) is 13.2 Å². The quantitative estimate of drug-likeness (QED) is 0.568. The minimum Gasteiger partial charge on any atom is -0.370 e. The molecule has 0 aliphatic heterocycles. The third-order valence-corrected chi connectivity index (χ3v) is 3.02. The maximum absolute atomic E-state index is 12.0. The fourth-order valence-electron chi connectivity index (χ4n) is 1.75.